The lowest BCUT2D eigenvalue weighted by atomic mass is 10.2. The van der Waals surface area contributed by atoms with Crippen LogP contribution in [0.5, 0.6) is 0 Å². The molecule has 0 radical (unpaired) electrons. The van der Waals surface area contributed by atoms with E-state index in [0.717, 1.165) is 33.0 Å². The van der Waals surface area contributed by atoms with Gasteiger partial charge in [0.1, 0.15) is 10.6 Å². The number of anilines is 1. The van der Waals surface area contributed by atoms with Gasteiger partial charge in [-0.3, -0.25) is 4.98 Å². The molecular weight excluding hydrogens is 356 g/mol. The van der Waals surface area contributed by atoms with E-state index < -0.39 is 0 Å². The summed E-state index contributed by atoms with van der Waals surface area (Å²) in [4.78, 5) is 18.0. The third-order valence-corrected chi connectivity index (χ3v) is 5.48. The summed E-state index contributed by atoms with van der Waals surface area (Å²) in [6.07, 6.45) is 3.52. The lowest BCUT2D eigenvalue weighted by Crippen LogP contribution is -2.27. The molecule has 4 rings (SSSR count). The van der Waals surface area contributed by atoms with Crippen molar-refractivity contribution in [3.63, 3.8) is 0 Å². The van der Waals surface area contributed by atoms with Gasteiger partial charge in [0.2, 0.25) is 0 Å². The Hall–Kier alpha value is -2.83. The number of rotatable bonds is 6. The first-order valence-electron chi connectivity index (χ1n) is 8.93. The number of thiophene rings is 1. The highest BCUT2D eigenvalue weighted by Crippen LogP contribution is 2.37. The van der Waals surface area contributed by atoms with Crippen LogP contribution in [0.3, 0.4) is 0 Å². The van der Waals surface area contributed by atoms with Gasteiger partial charge in [0.05, 0.1) is 12.0 Å². The van der Waals surface area contributed by atoms with Crippen LogP contribution in [-0.2, 0) is 0 Å². The van der Waals surface area contributed by atoms with E-state index in [2.05, 4.69) is 35.0 Å². The molecule has 6 heteroatoms. The average molecular weight is 376 g/mol. The van der Waals surface area contributed by atoms with Crippen molar-refractivity contribution in [2.24, 2.45) is 0 Å². The van der Waals surface area contributed by atoms with Crippen molar-refractivity contribution in [1.29, 1.82) is 0 Å². The van der Waals surface area contributed by atoms with Crippen LogP contribution in [-0.4, -0.2) is 39.8 Å². The summed E-state index contributed by atoms with van der Waals surface area (Å²) in [5.41, 5.74) is 2.05. The number of aliphatic hydroxyl groups is 1. The van der Waals surface area contributed by atoms with E-state index in [9.17, 15) is 5.11 Å². The van der Waals surface area contributed by atoms with Gasteiger partial charge in [0, 0.05) is 35.9 Å². The highest BCUT2D eigenvalue weighted by atomic mass is 32.1. The molecule has 0 bridgehead atoms. The molecule has 0 amide bonds. The summed E-state index contributed by atoms with van der Waals surface area (Å²) in [7, 11) is 0. The van der Waals surface area contributed by atoms with Gasteiger partial charge in [-0.2, -0.15) is 0 Å². The number of hydrogen-bond acceptors (Lipinski definition) is 6. The Balaban J connectivity index is 1.92. The Morgan fingerprint density at radius 2 is 1.85 bits per heavy atom. The van der Waals surface area contributed by atoms with E-state index >= 15 is 0 Å². The number of pyridine rings is 1. The molecule has 0 atom stereocenters. The quantitative estimate of drug-likeness (QED) is 0.545. The van der Waals surface area contributed by atoms with Crippen LogP contribution in [0.1, 0.15) is 6.92 Å². The number of nitrogens with zero attached hydrogens (tertiary/aromatic N) is 4. The largest absolute Gasteiger partial charge is 0.395 e. The van der Waals surface area contributed by atoms with E-state index in [0.29, 0.717) is 12.4 Å². The molecule has 0 aliphatic carbocycles. The minimum atomic E-state index is 0.0806. The molecule has 0 saturated heterocycles. The molecule has 0 saturated carbocycles. The fourth-order valence-electron chi connectivity index (χ4n) is 3.05. The monoisotopic (exact) mass is 376 g/mol. The van der Waals surface area contributed by atoms with Gasteiger partial charge in [0.15, 0.2) is 5.82 Å². The summed E-state index contributed by atoms with van der Waals surface area (Å²) < 4.78 is 0. The molecule has 0 aliphatic heterocycles. The number of likely N-dealkylation sites (N-methyl/N-ethyl adjacent to an activating group) is 1. The van der Waals surface area contributed by atoms with Crippen molar-refractivity contribution in [2.45, 2.75) is 6.92 Å². The minimum Gasteiger partial charge on any atom is -0.395 e. The zero-order chi connectivity index (χ0) is 18.6. The molecule has 27 heavy (non-hydrogen) atoms. The maximum absolute atomic E-state index is 9.48. The SMILES string of the molecule is CCN(CCO)c1nc(-c2cccnc2)nc2sc(-c3ccccc3)cc12. The summed E-state index contributed by atoms with van der Waals surface area (Å²) in [5.74, 6) is 1.51. The molecule has 3 aromatic heterocycles. The third kappa shape index (κ3) is 3.54. The standard InChI is InChI=1S/C21H20N4OS/c1-2-25(11-12-26)20-17-13-18(15-7-4-3-5-8-15)27-21(17)24-19(23-20)16-9-6-10-22-14-16/h3-10,13-14,26H,2,11-12H2,1H3. The first-order valence-corrected chi connectivity index (χ1v) is 9.75. The summed E-state index contributed by atoms with van der Waals surface area (Å²) in [6.45, 7) is 3.44. The van der Waals surface area contributed by atoms with E-state index in [-0.39, 0.29) is 6.61 Å². The van der Waals surface area contributed by atoms with Crippen molar-refractivity contribution in [3.8, 4) is 21.8 Å². The third-order valence-electron chi connectivity index (χ3n) is 4.40. The second kappa shape index (κ2) is 7.82. The molecule has 5 nitrogen and oxygen atoms in total. The maximum Gasteiger partial charge on any atom is 0.164 e. The van der Waals surface area contributed by atoms with Crippen LogP contribution in [0.2, 0.25) is 0 Å². The summed E-state index contributed by atoms with van der Waals surface area (Å²) >= 11 is 1.66. The number of hydrogen-bond donors (Lipinski definition) is 1. The lowest BCUT2D eigenvalue weighted by Gasteiger charge is -2.22. The molecule has 0 spiro atoms. The lowest BCUT2D eigenvalue weighted by molar-refractivity contribution is 0.302. The van der Waals surface area contributed by atoms with Gasteiger partial charge >= 0.3 is 0 Å². The van der Waals surface area contributed by atoms with Gasteiger partial charge in [0.25, 0.3) is 0 Å². The average Bonchev–Trinajstić information content (AvgIpc) is 3.17. The van der Waals surface area contributed by atoms with Crippen molar-refractivity contribution in [1.82, 2.24) is 15.0 Å². The van der Waals surface area contributed by atoms with Gasteiger partial charge in [-0.05, 0) is 30.7 Å². The first-order chi connectivity index (χ1) is 13.3. The number of aromatic nitrogens is 3. The molecule has 1 aromatic carbocycles. The number of benzene rings is 1. The van der Waals surface area contributed by atoms with E-state index in [4.69, 9.17) is 9.97 Å². The smallest absolute Gasteiger partial charge is 0.164 e. The maximum atomic E-state index is 9.48. The number of aliphatic hydroxyl groups excluding tert-OH is 1. The number of fused-ring (bicyclic) bond motifs is 1. The highest BCUT2D eigenvalue weighted by Gasteiger charge is 2.17. The van der Waals surface area contributed by atoms with Crippen molar-refractivity contribution >= 4 is 27.4 Å². The molecule has 0 fully saturated rings. The van der Waals surface area contributed by atoms with E-state index in [1.54, 1.807) is 23.7 Å². The van der Waals surface area contributed by atoms with E-state index in [1.807, 2.05) is 30.3 Å². The molecule has 0 aliphatic rings. The molecule has 136 valence electrons. The van der Waals surface area contributed by atoms with Gasteiger partial charge < -0.3 is 10.0 Å². The fraction of sp³-hybridized carbons (Fsp3) is 0.190. The van der Waals surface area contributed by atoms with Gasteiger partial charge in [-0.25, -0.2) is 9.97 Å². The predicted octanol–water partition coefficient (Wildman–Crippen LogP) is 4.24. The first kappa shape index (κ1) is 17.6. The summed E-state index contributed by atoms with van der Waals surface area (Å²) in [6, 6.07) is 16.3. The van der Waals surface area contributed by atoms with Crippen LogP contribution < -0.4 is 4.90 Å². The Kier molecular flexibility index (Phi) is 5.09. The van der Waals surface area contributed by atoms with Crippen LogP contribution >= 0.6 is 11.3 Å². The fourth-order valence-corrected chi connectivity index (χ4v) is 4.08. The van der Waals surface area contributed by atoms with E-state index in [1.165, 1.54) is 5.56 Å². The van der Waals surface area contributed by atoms with Crippen LogP contribution in [0.25, 0.3) is 32.0 Å². The topological polar surface area (TPSA) is 62.1 Å². The molecular formula is C21H20N4OS. The highest BCUT2D eigenvalue weighted by molar-refractivity contribution is 7.21. The second-order valence-corrected chi connectivity index (χ2v) is 7.14. The van der Waals surface area contributed by atoms with Crippen LogP contribution in [0.4, 0.5) is 5.82 Å². The Bertz CT molecular complexity index is 1030. The normalized spacial score (nSPS) is 11.0. The molecule has 1 N–H and O–H groups in total. The van der Waals surface area contributed by atoms with Crippen LogP contribution in [0.15, 0.2) is 60.9 Å². The summed E-state index contributed by atoms with van der Waals surface area (Å²) in [5, 5.41) is 10.5. The van der Waals surface area contributed by atoms with Gasteiger partial charge in [-0.15, -0.1) is 11.3 Å². The zero-order valence-electron chi connectivity index (χ0n) is 15.0. The molecule has 0 unspecified atom stereocenters. The van der Waals surface area contributed by atoms with Crippen LogP contribution in [0, 0.1) is 0 Å². The Morgan fingerprint density at radius 1 is 1.04 bits per heavy atom. The predicted molar refractivity (Wildman–Crippen MR) is 111 cm³/mol. The van der Waals surface area contributed by atoms with Crippen molar-refractivity contribution in [3.05, 3.63) is 60.9 Å². The molecule has 3 heterocycles. The molecule has 4 aromatic rings. The van der Waals surface area contributed by atoms with Crippen molar-refractivity contribution < 1.29 is 5.11 Å². The van der Waals surface area contributed by atoms with Crippen molar-refractivity contribution in [2.75, 3.05) is 24.6 Å². The Morgan fingerprint density at radius 3 is 2.56 bits per heavy atom. The van der Waals surface area contributed by atoms with Gasteiger partial charge in [-0.1, -0.05) is 30.3 Å². The second-order valence-electron chi connectivity index (χ2n) is 6.11. The minimum absolute atomic E-state index is 0.0806. The Labute approximate surface area is 162 Å². The zero-order valence-corrected chi connectivity index (χ0v) is 15.9.